The van der Waals surface area contributed by atoms with Crippen molar-refractivity contribution in [2.24, 2.45) is 0 Å². The van der Waals surface area contributed by atoms with Gasteiger partial charge in [-0.2, -0.15) is 0 Å². The summed E-state index contributed by atoms with van der Waals surface area (Å²) in [6.07, 6.45) is 3.24. The van der Waals surface area contributed by atoms with E-state index >= 15 is 0 Å². The van der Waals surface area contributed by atoms with Gasteiger partial charge < -0.3 is 15.0 Å². The molecule has 1 atom stereocenters. The standard InChI is InChI=1S/C16H24N2O2/c1-17-16(15(19)20-3,13-7-5-4-6-8-13)11-12-18(2)14-9-10-14/h4-8,14,17H,9-12H2,1-3H3. The summed E-state index contributed by atoms with van der Waals surface area (Å²) in [5.41, 5.74) is 0.192. The van der Waals surface area contributed by atoms with Gasteiger partial charge in [-0.15, -0.1) is 0 Å². The molecule has 110 valence electrons. The van der Waals surface area contributed by atoms with E-state index in [2.05, 4.69) is 17.3 Å². The Bertz CT molecular complexity index is 445. The van der Waals surface area contributed by atoms with Crippen LogP contribution in [0.5, 0.6) is 0 Å². The van der Waals surface area contributed by atoms with E-state index in [4.69, 9.17) is 4.74 Å². The summed E-state index contributed by atoms with van der Waals surface area (Å²) < 4.78 is 5.05. The van der Waals surface area contributed by atoms with Crippen molar-refractivity contribution in [1.29, 1.82) is 0 Å². The molecule has 0 radical (unpaired) electrons. The number of likely N-dealkylation sites (N-methyl/N-ethyl adjacent to an activating group) is 1. The number of nitrogens with one attached hydrogen (secondary N) is 1. The fourth-order valence-corrected chi connectivity index (χ4v) is 2.67. The summed E-state index contributed by atoms with van der Waals surface area (Å²) in [5.74, 6) is -0.226. The summed E-state index contributed by atoms with van der Waals surface area (Å²) >= 11 is 0. The number of rotatable bonds is 7. The Morgan fingerprint density at radius 3 is 2.55 bits per heavy atom. The van der Waals surface area contributed by atoms with Gasteiger partial charge in [-0.25, -0.2) is 4.79 Å². The summed E-state index contributed by atoms with van der Waals surface area (Å²) in [6.45, 7) is 0.871. The lowest BCUT2D eigenvalue weighted by Gasteiger charge is -2.33. The predicted molar refractivity (Wildman–Crippen MR) is 79.5 cm³/mol. The molecule has 1 aromatic carbocycles. The minimum absolute atomic E-state index is 0.226. The van der Waals surface area contributed by atoms with Crippen LogP contribution in [0, 0.1) is 0 Å². The van der Waals surface area contributed by atoms with Crippen LogP contribution in [-0.2, 0) is 15.1 Å². The van der Waals surface area contributed by atoms with Gasteiger partial charge in [-0.3, -0.25) is 0 Å². The third-order valence-corrected chi connectivity index (χ3v) is 4.24. The number of hydrogen-bond acceptors (Lipinski definition) is 4. The molecule has 0 amide bonds. The normalized spacial score (nSPS) is 17.8. The largest absolute Gasteiger partial charge is 0.467 e. The molecular formula is C16H24N2O2. The van der Waals surface area contributed by atoms with Gasteiger partial charge in [0.05, 0.1) is 7.11 Å². The molecule has 20 heavy (non-hydrogen) atoms. The highest BCUT2D eigenvalue weighted by atomic mass is 16.5. The van der Waals surface area contributed by atoms with Crippen LogP contribution < -0.4 is 5.32 Å². The Labute approximate surface area is 121 Å². The lowest BCUT2D eigenvalue weighted by atomic mass is 9.86. The summed E-state index contributed by atoms with van der Waals surface area (Å²) in [4.78, 5) is 14.7. The SMILES string of the molecule is CNC(CCN(C)C1CC1)(C(=O)OC)c1ccccc1. The van der Waals surface area contributed by atoms with Gasteiger partial charge in [0.2, 0.25) is 0 Å². The minimum Gasteiger partial charge on any atom is -0.467 e. The summed E-state index contributed by atoms with van der Waals surface area (Å²) in [6, 6.07) is 10.5. The molecule has 1 aliphatic carbocycles. The van der Waals surface area contributed by atoms with E-state index in [1.54, 1.807) is 0 Å². The van der Waals surface area contributed by atoms with E-state index < -0.39 is 5.54 Å². The quantitative estimate of drug-likeness (QED) is 0.771. The zero-order valence-corrected chi connectivity index (χ0v) is 12.6. The second-order valence-corrected chi connectivity index (χ2v) is 5.47. The van der Waals surface area contributed by atoms with Crippen LogP contribution in [0.1, 0.15) is 24.8 Å². The maximum atomic E-state index is 12.4. The number of nitrogens with zero attached hydrogens (tertiary/aromatic N) is 1. The van der Waals surface area contributed by atoms with Crippen molar-refractivity contribution in [1.82, 2.24) is 10.2 Å². The fraction of sp³-hybridized carbons (Fsp3) is 0.562. The zero-order valence-electron chi connectivity index (χ0n) is 12.6. The van der Waals surface area contributed by atoms with E-state index in [9.17, 15) is 4.79 Å². The van der Waals surface area contributed by atoms with Crippen LogP contribution in [0.4, 0.5) is 0 Å². The third kappa shape index (κ3) is 3.02. The van der Waals surface area contributed by atoms with Crippen molar-refractivity contribution in [3.05, 3.63) is 35.9 Å². The van der Waals surface area contributed by atoms with Crippen molar-refractivity contribution in [3.63, 3.8) is 0 Å². The van der Waals surface area contributed by atoms with Gasteiger partial charge in [0.15, 0.2) is 0 Å². The van der Waals surface area contributed by atoms with E-state index in [1.165, 1.54) is 20.0 Å². The average Bonchev–Trinajstić information content (AvgIpc) is 3.33. The summed E-state index contributed by atoms with van der Waals surface area (Å²) in [5, 5.41) is 3.20. The predicted octanol–water partition coefficient (Wildman–Crippen LogP) is 1.76. The first kappa shape index (κ1) is 15.0. The fourth-order valence-electron chi connectivity index (χ4n) is 2.67. The molecule has 4 heteroatoms. The Hall–Kier alpha value is -1.39. The van der Waals surface area contributed by atoms with Gasteiger partial charge in [0, 0.05) is 12.6 Å². The first-order chi connectivity index (χ1) is 9.64. The highest BCUT2D eigenvalue weighted by Gasteiger charge is 2.40. The molecule has 2 rings (SSSR count). The van der Waals surface area contributed by atoms with Crippen LogP contribution in [0.15, 0.2) is 30.3 Å². The number of esters is 1. The Morgan fingerprint density at radius 1 is 1.40 bits per heavy atom. The Kier molecular flexibility index (Phi) is 4.78. The molecule has 1 unspecified atom stereocenters. The van der Waals surface area contributed by atoms with Crippen molar-refractivity contribution in [3.8, 4) is 0 Å². The van der Waals surface area contributed by atoms with E-state index in [0.717, 1.165) is 12.1 Å². The number of methoxy groups -OCH3 is 1. The van der Waals surface area contributed by atoms with E-state index in [0.29, 0.717) is 12.5 Å². The first-order valence-electron chi connectivity index (χ1n) is 7.17. The lowest BCUT2D eigenvalue weighted by molar-refractivity contribution is -0.149. The maximum absolute atomic E-state index is 12.4. The molecule has 0 aromatic heterocycles. The topological polar surface area (TPSA) is 41.6 Å². The lowest BCUT2D eigenvalue weighted by Crippen LogP contribution is -2.50. The molecule has 1 aromatic rings. The second-order valence-electron chi connectivity index (χ2n) is 5.47. The second kappa shape index (κ2) is 6.37. The Morgan fingerprint density at radius 2 is 2.05 bits per heavy atom. The Balaban J connectivity index is 2.20. The minimum atomic E-state index is -0.765. The monoisotopic (exact) mass is 276 g/mol. The molecule has 0 aliphatic heterocycles. The molecule has 4 nitrogen and oxygen atoms in total. The molecule has 0 bridgehead atoms. The van der Waals surface area contributed by atoms with Gasteiger partial charge in [0.25, 0.3) is 0 Å². The summed E-state index contributed by atoms with van der Waals surface area (Å²) in [7, 11) is 5.39. The maximum Gasteiger partial charge on any atom is 0.330 e. The van der Waals surface area contributed by atoms with Gasteiger partial charge in [0.1, 0.15) is 5.54 Å². The van der Waals surface area contributed by atoms with Crippen molar-refractivity contribution in [2.45, 2.75) is 30.8 Å². The number of hydrogen-bond donors (Lipinski definition) is 1. The highest BCUT2D eigenvalue weighted by Crippen LogP contribution is 2.30. The molecule has 1 fully saturated rings. The number of carbonyl (C=O) groups excluding carboxylic acids is 1. The molecule has 0 saturated heterocycles. The van der Waals surface area contributed by atoms with Crippen LogP contribution >= 0.6 is 0 Å². The van der Waals surface area contributed by atoms with Gasteiger partial charge in [-0.05, 0) is 38.9 Å². The number of ether oxygens (including phenoxy) is 1. The van der Waals surface area contributed by atoms with Crippen molar-refractivity contribution >= 4 is 5.97 Å². The molecule has 1 aliphatic rings. The van der Waals surface area contributed by atoms with Crippen LogP contribution in [0.25, 0.3) is 0 Å². The molecule has 1 N–H and O–H groups in total. The first-order valence-corrected chi connectivity index (χ1v) is 7.17. The smallest absolute Gasteiger partial charge is 0.330 e. The zero-order chi connectivity index (χ0) is 14.6. The molecule has 0 heterocycles. The van der Waals surface area contributed by atoms with Gasteiger partial charge >= 0.3 is 5.97 Å². The highest BCUT2D eigenvalue weighted by molar-refractivity contribution is 5.82. The third-order valence-electron chi connectivity index (χ3n) is 4.24. The molecule has 1 saturated carbocycles. The van der Waals surface area contributed by atoms with Crippen molar-refractivity contribution < 1.29 is 9.53 Å². The van der Waals surface area contributed by atoms with Gasteiger partial charge in [-0.1, -0.05) is 30.3 Å². The molecular weight excluding hydrogens is 252 g/mol. The average molecular weight is 276 g/mol. The van der Waals surface area contributed by atoms with Crippen molar-refractivity contribution in [2.75, 3.05) is 27.7 Å². The molecule has 0 spiro atoms. The van der Waals surface area contributed by atoms with Crippen LogP contribution in [0.2, 0.25) is 0 Å². The number of benzene rings is 1. The van der Waals surface area contributed by atoms with Crippen LogP contribution in [-0.4, -0.2) is 44.7 Å². The van der Waals surface area contributed by atoms with Crippen LogP contribution in [0.3, 0.4) is 0 Å². The van der Waals surface area contributed by atoms with E-state index in [-0.39, 0.29) is 5.97 Å². The number of carbonyl (C=O) groups is 1. The van der Waals surface area contributed by atoms with E-state index in [1.807, 2.05) is 37.4 Å².